The van der Waals surface area contributed by atoms with Crippen LogP contribution in [0.15, 0.2) is 29.0 Å². The summed E-state index contributed by atoms with van der Waals surface area (Å²) in [5.74, 6) is -1.91. The maximum atomic E-state index is 11.9. The number of hydrogen-bond acceptors (Lipinski definition) is 3. The van der Waals surface area contributed by atoms with Gasteiger partial charge in [-0.25, -0.2) is 9.78 Å². The fraction of sp³-hybridized carbons (Fsp3) is 0. The number of imidazole rings is 1. The molecule has 2 aromatic rings. The van der Waals surface area contributed by atoms with E-state index in [1.807, 2.05) is 0 Å². The number of rotatable bonds is 3. The number of nitrogens with zero attached hydrogens (tertiary/aromatic N) is 1. The lowest BCUT2D eigenvalue weighted by molar-refractivity contribution is 0.0686. The molecule has 0 bridgehead atoms. The third-order valence-corrected chi connectivity index (χ3v) is 3.05. The standard InChI is InChI=1S/C11H7BrClN3O3/c12-5-1-2-7(6(13)3-5)16-10(17)8-9(11(18)19)15-4-14-8/h1-4H,(H,14,15)(H,16,17)(H,18,19). The summed E-state index contributed by atoms with van der Waals surface area (Å²) >= 11 is 9.19. The number of aromatic nitrogens is 2. The molecular formula is C11H7BrClN3O3. The van der Waals surface area contributed by atoms with E-state index in [4.69, 9.17) is 16.7 Å². The highest BCUT2D eigenvalue weighted by molar-refractivity contribution is 9.10. The maximum absolute atomic E-state index is 11.9. The van der Waals surface area contributed by atoms with E-state index in [2.05, 4.69) is 31.2 Å². The molecule has 0 saturated carbocycles. The van der Waals surface area contributed by atoms with Crippen LogP contribution in [0.3, 0.4) is 0 Å². The number of amides is 1. The summed E-state index contributed by atoms with van der Waals surface area (Å²) in [5, 5.41) is 11.7. The van der Waals surface area contributed by atoms with Crippen molar-refractivity contribution in [3.8, 4) is 0 Å². The molecule has 0 unspecified atom stereocenters. The quantitative estimate of drug-likeness (QED) is 0.798. The first-order valence-corrected chi connectivity index (χ1v) is 6.19. The number of hydrogen-bond donors (Lipinski definition) is 3. The number of H-pyrrole nitrogens is 1. The minimum Gasteiger partial charge on any atom is -0.477 e. The second-order valence-electron chi connectivity index (χ2n) is 3.51. The van der Waals surface area contributed by atoms with Crippen LogP contribution in [-0.4, -0.2) is 27.0 Å². The van der Waals surface area contributed by atoms with Gasteiger partial charge in [0.2, 0.25) is 0 Å². The van der Waals surface area contributed by atoms with Crippen LogP contribution in [0.2, 0.25) is 5.02 Å². The van der Waals surface area contributed by atoms with Gasteiger partial charge in [0.25, 0.3) is 5.91 Å². The lowest BCUT2D eigenvalue weighted by Gasteiger charge is -2.06. The Balaban J connectivity index is 2.26. The number of anilines is 1. The third kappa shape index (κ3) is 2.94. The fourth-order valence-corrected chi connectivity index (χ4v) is 2.12. The van der Waals surface area contributed by atoms with Crippen molar-refractivity contribution in [3.05, 3.63) is 45.4 Å². The van der Waals surface area contributed by atoms with Crippen LogP contribution in [0.4, 0.5) is 5.69 Å². The highest BCUT2D eigenvalue weighted by atomic mass is 79.9. The molecule has 3 N–H and O–H groups in total. The summed E-state index contributed by atoms with van der Waals surface area (Å²) in [7, 11) is 0. The molecule has 19 heavy (non-hydrogen) atoms. The Morgan fingerprint density at radius 3 is 2.79 bits per heavy atom. The number of carbonyl (C=O) groups excluding carboxylic acids is 1. The number of benzene rings is 1. The highest BCUT2D eigenvalue weighted by Crippen LogP contribution is 2.26. The van der Waals surface area contributed by atoms with Gasteiger partial charge in [0.15, 0.2) is 11.4 Å². The van der Waals surface area contributed by atoms with Crippen LogP contribution in [0.1, 0.15) is 21.0 Å². The number of carbonyl (C=O) groups is 2. The van der Waals surface area contributed by atoms with Crippen LogP contribution in [0.25, 0.3) is 0 Å². The molecule has 0 fully saturated rings. The molecule has 98 valence electrons. The summed E-state index contributed by atoms with van der Waals surface area (Å²) < 4.78 is 0.765. The second kappa shape index (κ2) is 5.41. The molecule has 0 aliphatic carbocycles. The second-order valence-corrected chi connectivity index (χ2v) is 4.83. The monoisotopic (exact) mass is 343 g/mol. The Kier molecular flexibility index (Phi) is 3.87. The van der Waals surface area contributed by atoms with Crippen molar-refractivity contribution in [1.82, 2.24) is 9.97 Å². The number of halogens is 2. The first-order valence-electron chi connectivity index (χ1n) is 5.02. The maximum Gasteiger partial charge on any atom is 0.354 e. The molecule has 2 rings (SSSR count). The molecule has 0 atom stereocenters. The highest BCUT2D eigenvalue weighted by Gasteiger charge is 2.20. The van der Waals surface area contributed by atoms with E-state index in [0.717, 1.165) is 10.8 Å². The molecule has 0 aliphatic rings. The van der Waals surface area contributed by atoms with E-state index in [0.29, 0.717) is 10.7 Å². The van der Waals surface area contributed by atoms with Crippen molar-refractivity contribution in [2.75, 3.05) is 5.32 Å². The largest absolute Gasteiger partial charge is 0.477 e. The summed E-state index contributed by atoms with van der Waals surface area (Å²) in [6, 6.07) is 4.90. The van der Waals surface area contributed by atoms with Gasteiger partial charge in [-0.2, -0.15) is 0 Å². The number of carboxylic acids is 1. The van der Waals surface area contributed by atoms with Gasteiger partial charge >= 0.3 is 5.97 Å². The molecule has 0 aliphatic heterocycles. The topological polar surface area (TPSA) is 95.1 Å². The van der Waals surface area contributed by atoms with Gasteiger partial charge in [-0.05, 0) is 18.2 Å². The van der Waals surface area contributed by atoms with Gasteiger partial charge in [0.1, 0.15) is 0 Å². The van der Waals surface area contributed by atoms with Gasteiger partial charge in [0, 0.05) is 4.47 Å². The predicted molar refractivity (Wildman–Crippen MR) is 72.7 cm³/mol. The van der Waals surface area contributed by atoms with Crippen molar-refractivity contribution >= 4 is 45.1 Å². The molecule has 8 heteroatoms. The summed E-state index contributed by atoms with van der Waals surface area (Å²) in [5.41, 5.74) is -0.105. The Morgan fingerprint density at radius 1 is 1.42 bits per heavy atom. The van der Waals surface area contributed by atoms with Crippen LogP contribution >= 0.6 is 27.5 Å². The Labute approximate surface area is 120 Å². The smallest absolute Gasteiger partial charge is 0.354 e. The zero-order valence-corrected chi connectivity index (χ0v) is 11.6. The van der Waals surface area contributed by atoms with Crippen molar-refractivity contribution in [3.63, 3.8) is 0 Å². The summed E-state index contributed by atoms with van der Waals surface area (Å²) in [4.78, 5) is 28.8. The SMILES string of the molecule is O=C(Nc1ccc(Br)cc1Cl)c1nc[nH]c1C(=O)O. The molecule has 1 amide bonds. The van der Waals surface area contributed by atoms with Crippen molar-refractivity contribution in [1.29, 1.82) is 0 Å². The van der Waals surface area contributed by atoms with Crippen molar-refractivity contribution in [2.45, 2.75) is 0 Å². The lowest BCUT2D eigenvalue weighted by Crippen LogP contribution is -2.16. The van der Waals surface area contributed by atoms with Gasteiger partial charge in [-0.3, -0.25) is 4.79 Å². The molecule has 0 saturated heterocycles. The first-order chi connectivity index (χ1) is 8.99. The molecule has 1 heterocycles. The molecule has 1 aromatic carbocycles. The molecule has 0 spiro atoms. The van der Waals surface area contributed by atoms with Gasteiger partial charge in [-0.1, -0.05) is 27.5 Å². The summed E-state index contributed by atoms with van der Waals surface area (Å²) in [6.45, 7) is 0. The third-order valence-electron chi connectivity index (χ3n) is 2.25. The number of aromatic carboxylic acids is 1. The minimum absolute atomic E-state index is 0.202. The fourth-order valence-electron chi connectivity index (χ4n) is 1.40. The number of nitrogens with one attached hydrogen (secondary N) is 2. The van der Waals surface area contributed by atoms with Crippen molar-refractivity contribution < 1.29 is 14.7 Å². The Morgan fingerprint density at radius 2 is 2.16 bits per heavy atom. The average molecular weight is 345 g/mol. The van der Waals surface area contributed by atoms with Crippen LogP contribution in [0.5, 0.6) is 0 Å². The minimum atomic E-state index is -1.26. The van der Waals surface area contributed by atoms with E-state index < -0.39 is 11.9 Å². The molecule has 6 nitrogen and oxygen atoms in total. The Hall–Kier alpha value is -1.86. The zero-order valence-electron chi connectivity index (χ0n) is 9.28. The number of aromatic amines is 1. The van der Waals surface area contributed by atoms with E-state index in [1.165, 1.54) is 0 Å². The predicted octanol–water partition coefficient (Wildman–Crippen LogP) is 2.78. The molecule has 1 aromatic heterocycles. The van der Waals surface area contributed by atoms with E-state index in [1.54, 1.807) is 18.2 Å². The first kappa shape index (κ1) is 13.6. The van der Waals surface area contributed by atoms with E-state index in [-0.39, 0.29) is 11.4 Å². The average Bonchev–Trinajstić information content (AvgIpc) is 2.82. The Bertz CT molecular complexity index is 656. The number of carboxylic acid groups (broad SMARTS) is 1. The van der Waals surface area contributed by atoms with E-state index >= 15 is 0 Å². The van der Waals surface area contributed by atoms with Crippen LogP contribution < -0.4 is 5.32 Å². The van der Waals surface area contributed by atoms with Gasteiger partial charge in [0.05, 0.1) is 17.0 Å². The van der Waals surface area contributed by atoms with Gasteiger partial charge < -0.3 is 15.4 Å². The van der Waals surface area contributed by atoms with Crippen LogP contribution in [0, 0.1) is 0 Å². The zero-order chi connectivity index (χ0) is 14.0. The van der Waals surface area contributed by atoms with Crippen molar-refractivity contribution in [2.24, 2.45) is 0 Å². The normalized spacial score (nSPS) is 10.2. The van der Waals surface area contributed by atoms with E-state index in [9.17, 15) is 9.59 Å². The molecule has 0 radical (unpaired) electrons. The van der Waals surface area contributed by atoms with Crippen LogP contribution in [-0.2, 0) is 0 Å². The summed E-state index contributed by atoms with van der Waals surface area (Å²) in [6.07, 6.45) is 1.14. The lowest BCUT2D eigenvalue weighted by atomic mass is 10.2. The molecular weight excluding hydrogens is 337 g/mol. The van der Waals surface area contributed by atoms with Gasteiger partial charge in [-0.15, -0.1) is 0 Å².